The van der Waals surface area contributed by atoms with Crippen molar-refractivity contribution in [3.05, 3.63) is 191 Å². The van der Waals surface area contributed by atoms with Gasteiger partial charge in [-0.25, -0.2) is 0 Å². The van der Waals surface area contributed by atoms with Gasteiger partial charge in [-0.1, -0.05) is 182 Å². The molecule has 0 N–H and O–H groups in total. The summed E-state index contributed by atoms with van der Waals surface area (Å²) in [6.07, 6.45) is 0. The van der Waals surface area contributed by atoms with Crippen molar-refractivity contribution < 1.29 is 0 Å². The molecular weight excluding hydrogens is 926 g/mol. The van der Waals surface area contributed by atoms with E-state index in [1.807, 2.05) is 11.3 Å². The first-order valence-electron chi connectivity index (χ1n) is 27.3. The van der Waals surface area contributed by atoms with Crippen molar-refractivity contribution in [3.63, 3.8) is 0 Å². The van der Waals surface area contributed by atoms with Gasteiger partial charge in [0.25, 0.3) is 6.71 Å². The van der Waals surface area contributed by atoms with Crippen molar-refractivity contribution in [2.45, 2.75) is 131 Å². The van der Waals surface area contributed by atoms with E-state index in [4.69, 9.17) is 0 Å². The minimum absolute atomic E-state index is 0.0110. The molecule has 0 saturated heterocycles. The molecule has 3 nitrogen and oxygen atoms in total. The lowest BCUT2D eigenvalue weighted by Crippen LogP contribution is -2.60. The fourth-order valence-corrected chi connectivity index (χ4v) is 14.3. The van der Waals surface area contributed by atoms with Crippen LogP contribution in [0.1, 0.15) is 136 Å². The molecule has 13 rings (SSSR count). The zero-order chi connectivity index (χ0) is 52.6. The van der Waals surface area contributed by atoms with Crippen LogP contribution in [0.3, 0.4) is 0 Å². The van der Waals surface area contributed by atoms with Crippen molar-refractivity contribution in [3.8, 4) is 16.9 Å². The zero-order valence-electron chi connectivity index (χ0n) is 46.8. The predicted octanol–water partition coefficient (Wildman–Crippen LogP) is 17.9. The highest BCUT2D eigenvalue weighted by Crippen LogP contribution is 2.56. The molecule has 0 radical (unpaired) electrons. The Hall–Kier alpha value is -6.82. The summed E-state index contributed by atoms with van der Waals surface area (Å²) in [6, 6.07) is 59.6. The van der Waals surface area contributed by atoms with Gasteiger partial charge < -0.3 is 14.4 Å². The maximum absolute atomic E-state index is 2.71. The van der Waals surface area contributed by atoms with Crippen LogP contribution >= 0.6 is 11.3 Å². The largest absolute Gasteiger partial charge is 0.310 e. The monoisotopic (exact) mass is 996 g/mol. The number of aryl methyl sites for hydroxylation is 1. The Morgan fingerprint density at radius 1 is 0.480 bits per heavy atom. The van der Waals surface area contributed by atoms with Gasteiger partial charge in [0, 0.05) is 71.5 Å². The molecule has 1 aliphatic carbocycles. The zero-order valence-corrected chi connectivity index (χ0v) is 47.6. The van der Waals surface area contributed by atoms with Crippen molar-refractivity contribution in [2.24, 2.45) is 0 Å². The van der Waals surface area contributed by atoms with Gasteiger partial charge in [0.1, 0.15) is 0 Å². The van der Waals surface area contributed by atoms with E-state index in [9.17, 15) is 0 Å². The summed E-state index contributed by atoms with van der Waals surface area (Å²) in [5.41, 5.74) is 25.9. The fraction of sp³-hybridized carbons (Fsp3) is 0.286. The van der Waals surface area contributed by atoms with Gasteiger partial charge in [-0.2, -0.15) is 0 Å². The Labute approximate surface area is 450 Å². The third-order valence-corrected chi connectivity index (χ3v) is 18.4. The third-order valence-electron chi connectivity index (χ3n) is 17.2. The smallest absolute Gasteiger partial charge is 0.252 e. The van der Waals surface area contributed by atoms with Gasteiger partial charge >= 0.3 is 0 Å². The van der Waals surface area contributed by atoms with Crippen LogP contribution in [0.4, 0.5) is 34.1 Å². The average Bonchev–Trinajstić information content (AvgIpc) is 4.12. The lowest BCUT2D eigenvalue weighted by Gasteiger charge is -2.42. The predicted molar refractivity (Wildman–Crippen MR) is 327 cm³/mol. The number of benzene rings is 8. The van der Waals surface area contributed by atoms with Crippen LogP contribution in [0.2, 0.25) is 0 Å². The molecule has 0 fully saturated rings. The number of thiophene rings is 1. The van der Waals surface area contributed by atoms with E-state index in [0.717, 1.165) is 17.1 Å². The second-order valence-electron chi connectivity index (χ2n) is 26.8. The Morgan fingerprint density at radius 2 is 1.08 bits per heavy atom. The van der Waals surface area contributed by atoms with E-state index < -0.39 is 0 Å². The van der Waals surface area contributed by atoms with Crippen molar-refractivity contribution in [1.29, 1.82) is 0 Å². The van der Waals surface area contributed by atoms with Crippen LogP contribution in [-0.4, -0.2) is 11.3 Å². The molecule has 5 heteroatoms. The first-order chi connectivity index (χ1) is 35.4. The minimum Gasteiger partial charge on any atom is -0.310 e. The van der Waals surface area contributed by atoms with Gasteiger partial charge in [0.15, 0.2) is 0 Å². The van der Waals surface area contributed by atoms with Crippen molar-refractivity contribution >= 4 is 99.6 Å². The minimum atomic E-state index is -0.182. The molecule has 3 aliphatic rings. The van der Waals surface area contributed by atoms with Gasteiger partial charge in [-0.3, -0.25) is 0 Å². The molecule has 0 amide bonds. The Morgan fingerprint density at radius 3 is 1.72 bits per heavy atom. The highest BCUT2D eigenvalue weighted by molar-refractivity contribution is 7.26. The first-order valence-corrected chi connectivity index (χ1v) is 28.1. The third kappa shape index (κ3) is 7.12. The Balaban J connectivity index is 1.14. The maximum atomic E-state index is 2.71. The number of anilines is 6. The maximum Gasteiger partial charge on any atom is 0.252 e. The van der Waals surface area contributed by atoms with Crippen LogP contribution in [-0.2, 0) is 27.1 Å². The molecule has 75 heavy (non-hydrogen) atoms. The average molecular weight is 996 g/mol. The molecule has 0 saturated carbocycles. The number of rotatable bonds is 4. The van der Waals surface area contributed by atoms with Crippen LogP contribution in [0.5, 0.6) is 0 Å². The van der Waals surface area contributed by atoms with E-state index in [1.165, 1.54) is 120 Å². The van der Waals surface area contributed by atoms with Crippen LogP contribution < -0.4 is 26.2 Å². The van der Waals surface area contributed by atoms with Crippen molar-refractivity contribution in [1.82, 2.24) is 4.57 Å². The van der Waals surface area contributed by atoms with E-state index >= 15 is 0 Å². The number of aromatic nitrogens is 1. The number of hydrogen-bond donors (Lipinski definition) is 0. The molecule has 374 valence electrons. The van der Waals surface area contributed by atoms with Crippen LogP contribution in [0.25, 0.3) is 48.0 Å². The SMILES string of the molecule is Cc1cc2c3c(c1)-n1c4c(c5cc(C(C)(C)C)cc(c51)B3c1ccc(N(c3ccc(C(C)(C)C)cc3)c3ccc(C(C)(C)C)cc3)cc1N2c1cccc2c1sc1cc(C(C)(C)C)ccc12)C(C)(C)c1ccccc1-4. The molecular formula is C70H70BN3S. The number of hydrogen-bond acceptors (Lipinski definition) is 3. The number of nitrogens with zero attached hydrogens (tertiary/aromatic N) is 3. The summed E-state index contributed by atoms with van der Waals surface area (Å²) in [4.78, 5) is 5.15. The van der Waals surface area contributed by atoms with Crippen molar-refractivity contribution in [2.75, 3.05) is 9.80 Å². The van der Waals surface area contributed by atoms with Gasteiger partial charge in [0.05, 0.1) is 16.1 Å². The van der Waals surface area contributed by atoms with E-state index in [-0.39, 0.29) is 33.8 Å². The first kappa shape index (κ1) is 47.9. The topological polar surface area (TPSA) is 11.4 Å². The standard InChI is InChI=1S/C70H70BN3S/c1-41-35-58-62-59(36-41)74-63-52(61-64(74)51-19-16-17-21-53(51)70(61,14)15)37-45(69(11,12)13)38-55(63)71(62)54-34-32-48(72(46-28-23-42(24-29-46)66(2,3)4)47-30-25-43(26-31-47)67(5,6)7)40-57(54)73(58)56-22-18-20-50-49-33-27-44(68(8,9)10)39-60(49)75-65(50)56/h16-40H,1-15H3. The molecule has 2 aliphatic heterocycles. The van der Waals surface area contributed by atoms with Gasteiger partial charge in [-0.05, 0) is 151 Å². The lowest BCUT2D eigenvalue weighted by atomic mass is 9.33. The molecule has 4 heterocycles. The number of fused-ring (bicyclic) bond motifs is 12. The second kappa shape index (κ2) is 15.9. The molecule has 8 aromatic carbocycles. The highest BCUT2D eigenvalue weighted by Gasteiger charge is 2.48. The summed E-state index contributed by atoms with van der Waals surface area (Å²) >= 11 is 1.94. The highest BCUT2D eigenvalue weighted by atomic mass is 32.1. The van der Waals surface area contributed by atoms with E-state index in [1.54, 1.807) is 0 Å². The molecule has 0 bridgehead atoms. The summed E-state index contributed by atoms with van der Waals surface area (Å²) < 4.78 is 5.35. The second-order valence-corrected chi connectivity index (χ2v) is 27.9. The summed E-state index contributed by atoms with van der Waals surface area (Å²) in [5.74, 6) is 0. The van der Waals surface area contributed by atoms with Gasteiger partial charge in [0.2, 0.25) is 0 Å². The fourth-order valence-electron chi connectivity index (χ4n) is 13.1. The summed E-state index contributed by atoms with van der Waals surface area (Å²) in [7, 11) is 0. The normalized spacial score (nSPS) is 14.7. The van der Waals surface area contributed by atoms with Crippen LogP contribution in [0, 0.1) is 6.92 Å². The molecule has 0 unspecified atom stereocenters. The van der Waals surface area contributed by atoms with Crippen LogP contribution in [0.15, 0.2) is 152 Å². The lowest BCUT2D eigenvalue weighted by molar-refractivity contribution is 0.590. The van der Waals surface area contributed by atoms with E-state index in [2.05, 4.69) is 270 Å². The molecule has 10 aromatic rings. The quantitative estimate of drug-likeness (QED) is 0.163. The molecule has 0 spiro atoms. The van der Waals surface area contributed by atoms with Gasteiger partial charge in [-0.15, -0.1) is 11.3 Å². The Kier molecular flexibility index (Phi) is 10.1. The summed E-state index contributed by atoms with van der Waals surface area (Å²) in [5, 5.41) is 4.01. The summed E-state index contributed by atoms with van der Waals surface area (Å²) in [6.45, 7) is 35.1. The molecule has 2 aromatic heterocycles. The Bertz CT molecular complexity index is 3970. The molecule has 0 atom stereocenters. The van der Waals surface area contributed by atoms with E-state index in [0.29, 0.717) is 0 Å².